The van der Waals surface area contributed by atoms with Gasteiger partial charge in [0.1, 0.15) is 17.2 Å². The van der Waals surface area contributed by atoms with E-state index in [0.717, 1.165) is 5.56 Å². The number of halogens is 1. The Labute approximate surface area is 200 Å². The maximum absolute atomic E-state index is 12.9. The van der Waals surface area contributed by atoms with E-state index in [2.05, 4.69) is 10.6 Å². The summed E-state index contributed by atoms with van der Waals surface area (Å²) in [6.45, 7) is 0.218. The van der Waals surface area contributed by atoms with E-state index in [9.17, 15) is 19.5 Å². The molecule has 0 aliphatic carbocycles. The fourth-order valence-electron chi connectivity index (χ4n) is 3.51. The third-order valence-corrected chi connectivity index (χ3v) is 5.43. The number of carboxylic acid groups (broad SMARTS) is 1. The zero-order valence-corrected chi connectivity index (χ0v) is 19.3. The van der Waals surface area contributed by atoms with Crippen LogP contribution in [0.5, 0.6) is 11.5 Å². The fraction of sp³-hybridized carbons (Fsp3) is 0.208. The Kier molecular flexibility index (Phi) is 8.15. The van der Waals surface area contributed by atoms with Crippen molar-refractivity contribution in [3.63, 3.8) is 0 Å². The highest BCUT2D eigenvalue weighted by atomic mass is 35.5. The maximum atomic E-state index is 12.9. The van der Waals surface area contributed by atoms with Crippen molar-refractivity contribution >= 4 is 29.3 Å². The predicted molar refractivity (Wildman–Crippen MR) is 128 cm³/mol. The molecule has 10 heteroatoms. The van der Waals surface area contributed by atoms with Gasteiger partial charge in [0.15, 0.2) is 0 Å². The minimum absolute atomic E-state index is 0.0214. The summed E-state index contributed by atoms with van der Waals surface area (Å²) in [5.41, 5.74) is 0.697. The number of rotatable bonds is 9. The van der Waals surface area contributed by atoms with Crippen LogP contribution in [0.15, 0.2) is 65.6 Å². The number of amides is 2. The van der Waals surface area contributed by atoms with Crippen molar-refractivity contribution in [2.75, 3.05) is 19.5 Å². The lowest BCUT2D eigenvalue weighted by Crippen LogP contribution is -2.36. The van der Waals surface area contributed by atoms with Gasteiger partial charge in [-0.3, -0.25) is 9.59 Å². The van der Waals surface area contributed by atoms with Crippen LogP contribution >= 0.6 is 11.6 Å². The summed E-state index contributed by atoms with van der Waals surface area (Å²) in [6.07, 6.45) is 1.15. The zero-order valence-electron chi connectivity index (χ0n) is 18.6. The van der Waals surface area contributed by atoms with Crippen LogP contribution in [0.4, 0.5) is 10.5 Å². The molecule has 3 aromatic rings. The first-order valence-corrected chi connectivity index (χ1v) is 10.6. The molecule has 178 valence electrons. The van der Waals surface area contributed by atoms with Gasteiger partial charge in [0.25, 0.3) is 5.56 Å². The number of carboxylic acids is 1. The summed E-state index contributed by atoms with van der Waals surface area (Å²) < 4.78 is 12.1. The second-order valence-corrected chi connectivity index (χ2v) is 7.68. The molecule has 0 spiro atoms. The molecule has 3 rings (SSSR count). The van der Waals surface area contributed by atoms with E-state index >= 15 is 0 Å². The van der Waals surface area contributed by atoms with Crippen LogP contribution < -0.4 is 25.7 Å². The predicted octanol–water partition coefficient (Wildman–Crippen LogP) is 3.90. The van der Waals surface area contributed by atoms with Crippen LogP contribution in [0.25, 0.3) is 0 Å². The Morgan fingerprint density at radius 1 is 1.03 bits per heavy atom. The van der Waals surface area contributed by atoms with Gasteiger partial charge >= 0.3 is 12.0 Å². The Balaban J connectivity index is 1.84. The van der Waals surface area contributed by atoms with Gasteiger partial charge in [0.2, 0.25) is 0 Å². The Hall–Kier alpha value is -3.98. The molecule has 0 bridgehead atoms. The molecular formula is C24H24ClN3O6. The number of carbonyl (C=O) groups excluding carboxylic acids is 1. The second kappa shape index (κ2) is 11.2. The molecular weight excluding hydrogens is 462 g/mol. The molecule has 0 aliphatic heterocycles. The molecule has 0 fully saturated rings. The van der Waals surface area contributed by atoms with E-state index in [4.69, 9.17) is 21.1 Å². The summed E-state index contributed by atoms with van der Waals surface area (Å²) in [7, 11) is 2.86. The largest absolute Gasteiger partial charge is 0.496 e. The fourth-order valence-corrected chi connectivity index (χ4v) is 3.70. The summed E-state index contributed by atoms with van der Waals surface area (Å²) >= 11 is 6.19. The number of nitrogens with zero attached hydrogens (tertiary/aromatic N) is 1. The van der Waals surface area contributed by atoms with E-state index in [0.29, 0.717) is 22.1 Å². The molecule has 3 N–H and O–H groups in total. The molecule has 34 heavy (non-hydrogen) atoms. The minimum Gasteiger partial charge on any atom is -0.496 e. The second-order valence-electron chi connectivity index (χ2n) is 7.27. The number of aliphatic carboxylic acids is 1. The maximum Gasteiger partial charge on any atom is 0.319 e. The molecule has 0 aliphatic rings. The van der Waals surface area contributed by atoms with Gasteiger partial charge in [-0.25, -0.2) is 4.79 Å². The summed E-state index contributed by atoms with van der Waals surface area (Å²) in [5.74, 6) is -0.430. The van der Waals surface area contributed by atoms with E-state index in [1.807, 2.05) is 6.07 Å². The first-order valence-electron chi connectivity index (χ1n) is 10.3. The number of aromatic nitrogens is 1. The first-order chi connectivity index (χ1) is 16.3. The molecule has 0 radical (unpaired) electrons. The highest BCUT2D eigenvalue weighted by Gasteiger charge is 2.25. The van der Waals surface area contributed by atoms with Crippen LogP contribution in [0.3, 0.4) is 0 Å². The smallest absolute Gasteiger partial charge is 0.319 e. The van der Waals surface area contributed by atoms with E-state index in [-0.39, 0.29) is 12.2 Å². The SMILES string of the molecule is COc1cccc(OC)c1[C@H](CC(=O)O)NC(=O)Nc1cccn(Cc2ccccc2Cl)c1=O. The molecule has 1 aromatic heterocycles. The highest BCUT2D eigenvalue weighted by molar-refractivity contribution is 6.31. The number of anilines is 1. The summed E-state index contributed by atoms with van der Waals surface area (Å²) in [6, 6.07) is 13.4. The Morgan fingerprint density at radius 2 is 1.71 bits per heavy atom. The van der Waals surface area contributed by atoms with Crippen molar-refractivity contribution in [3.05, 3.63) is 87.3 Å². The summed E-state index contributed by atoms with van der Waals surface area (Å²) in [4.78, 5) is 37.2. The quantitative estimate of drug-likeness (QED) is 0.423. The zero-order chi connectivity index (χ0) is 24.7. The van der Waals surface area contributed by atoms with Crippen molar-refractivity contribution in [1.82, 2.24) is 9.88 Å². The standard InChI is InChI=1S/C24H24ClN3O6/c1-33-19-10-5-11-20(34-2)22(19)18(13-21(29)30)27-24(32)26-17-9-6-12-28(23(17)31)14-15-7-3-4-8-16(15)25/h3-12,18H,13-14H2,1-2H3,(H,29,30)(H2,26,27,32)/t18-/m0/s1. The third-order valence-electron chi connectivity index (χ3n) is 5.07. The van der Waals surface area contributed by atoms with Gasteiger partial charge in [0, 0.05) is 11.2 Å². The van der Waals surface area contributed by atoms with Crippen molar-refractivity contribution in [3.8, 4) is 11.5 Å². The average molecular weight is 486 g/mol. The minimum atomic E-state index is -1.14. The van der Waals surface area contributed by atoms with Crippen LogP contribution in [0.1, 0.15) is 23.6 Å². The number of nitrogens with one attached hydrogen (secondary N) is 2. The van der Waals surface area contributed by atoms with Gasteiger partial charge in [-0.05, 0) is 35.9 Å². The lowest BCUT2D eigenvalue weighted by molar-refractivity contribution is -0.137. The average Bonchev–Trinajstić information content (AvgIpc) is 2.81. The number of methoxy groups -OCH3 is 2. The lowest BCUT2D eigenvalue weighted by atomic mass is 10.0. The number of ether oxygens (including phenoxy) is 2. The third kappa shape index (κ3) is 5.87. The number of hydrogen-bond acceptors (Lipinski definition) is 5. The normalized spacial score (nSPS) is 11.4. The van der Waals surface area contributed by atoms with Gasteiger partial charge in [-0.2, -0.15) is 0 Å². The van der Waals surface area contributed by atoms with E-state index in [1.165, 1.54) is 24.9 Å². The summed E-state index contributed by atoms with van der Waals surface area (Å²) in [5, 5.41) is 15.0. The molecule has 2 aromatic carbocycles. The van der Waals surface area contributed by atoms with E-state index in [1.54, 1.807) is 48.7 Å². The number of benzene rings is 2. The molecule has 0 saturated carbocycles. The monoisotopic (exact) mass is 485 g/mol. The van der Waals surface area contributed by atoms with Crippen molar-refractivity contribution in [2.45, 2.75) is 19.0 Å². The first kappa shape index (κ1) is 24.7. The molecule has 1 atom stereocenters. The van der Waals surface area contributed by atoms with Gasteiger partial charge in [-0.1, -0.05) is 35.9 Å². The van der Waals surface area contributed by atoms with Gasteiger partial charge in [0.05, 0.1) is 38.8 Å². The highest BCUT2D eigenvalue weighted by Crippen LogP contribution is 2.35. The van der Waals surface area contributed by atoms with Crippen LogP contribution in [0, 0.1) is 0 Å². The topological polar surface area (TPSA) is 119 Å². The van der Waals surface area contributed by atoms with Crippen LogP contribution in [0.2, 0.25) is 5.02 Å². The number of carbonyl (C=O) groups is 2. The number of hydrogen-bond donors (Lipinski definition) is 3. The van der Waals surface area contributed by atoms with E-state index < -0.39 is 30.0 Å². The van der Waals surface area contributed by atoms with Crippen molar-refractivity contribution in [1.29, 1.82) is 0 Å². The molecule has 9 nitrogen and oxygen atoms in total. The van der Waals surface area contributed by atoms with Gasteiger partial charge in [-0.15, -0.1) is 0 Å². The van der Waals surface area contributed by atoms with Gasteiger partial charge < -0.3 is 29.8 Å². The van der Waals surface area contributed by atoms with Crippen molar-refractivity contribution < 1.29 is 24.2 Å². The number of pyridine rings is 1. The lowest BCUT2D eigenvalue weighted by Gasteiger charge is -2.22. The van der Waals surface area contributed by atoms with Crippen LogP contribution in [-0.2, 0) is 11.3 Å². The molecule has 1 heterocycles. The Bertz CT molecular complexity index is 1220. The van der Waals surface area contributed by atoms with Crippen molar-refractivity contribution in [2.24, 2.45) is 0 Å². The van der Waals surface area contributed by atoms with Crippen LogP contribution in [-0.4, -0.2) is 35.9 Å². The number of urea groups is 1. The Morgan fingerprint density at radius 3 is 2.32 bits per heavy atom. The molecule has 2 amide bonds. The molecule has 0 saturated heterocycles. The molecule has 0 unspecified atom stereocenters.